The molecule has 1 N–H and O–H groups in total. The molecule has 0 radical (unpaired) electrons. The first kappa shape index (κ1) is 18.9. The minimum atomic E-state index is -0.799. The number of amides is 1. The first-order valence-corrected chi connectivity index (χ1v) is 10.2. The monoisotopic (exact) mass is 474 g/mol. The number of aliphatic hydroxyl groups is 1. The van der Waals surface area contributed by atoms with E-state index in [9.17, 15) is 14.7 Å². The van der Waals surface area contributed by atoms with Gasteiger partial charge in [0.2, 0.25) is 0 Å². The van der Waals surface area contributed by atoms with E-state index in [-0.39, 0.29) is 11.3 Å². The van der Waals surface area contributed by atoms with Gasteiger partial charge in [0.25, 0.3) is 5.78 Å². The maximum atomic E-state index is 12.9. The lowest BCUT2D eigenvalue weighted by Gasteiger charge is -2.23. The Bertz CT molecular complexity index is 1080. The number of hydrogen-bond donors (Lipinski definition) is 1. The zero-order valence-corrected chi connectivity index (χ0v) is 17.3. The maximum absolute atomic E-state index is 12.9. The van der Waals surface area contributed by atoms with Crippen molar-refractivity contribution in [1.82, 2.24) is 4.98 Å². The Kier molecular flexibility index (Phi) is 5.05. The maximum Gasteiger partial charge on any atom is 0.301 e. The molecule has 28 heavy (non-hydrogen) atoms. The summed E-state index contributed by atoms with van der Waals surface area (Å²) in [5.74, 6) is -1.71. The molecule has 3 aromatic rings. The van der Waals surface area contributed by atoms with Gasteiger partial charge in [0, 0.05) is 26.6 Å². The van der Waals surface area contributed by atoms with E-state index in [2.05, 4.69) is 20.9 Å². The van der Waals surface area contributed by atoms with Crippen LogP contribution in [0.3, 0.4) is 0 Å². The lowest BCUT2D eigenvalue weighted by Crippen LogP contribution is -2.29. The Morgan fingerprint density at radius 3 is 2.39 bits per heavy atom. The third kappa shape index (κ3) is 3.26. The molecule has 0 saturated carbocycles. The van der Waals surface area contributed by atoms with E-state index >= 15 is 0 Å². The highest BCUT2D eigenvalue weighted by atomic mass is 79.9. The first-order chi connectivity index (χ1) is 13.5. The highest BCUT2D eigenvalue weighted by Gasteiger charge is 2.47. The van der Waals surface area contributed by atoms with Crippen LogP contribution in [0.2, 0.25) is 5.02 Å². The van der Waals surface area contributed by atoms with Crippen LogP contribution in [0.15, 0.2) is 70.2 Å². The van der Waals surface area contributed by atoms with Gasteiger partial charge in [0.1, 0.15) is 5.76 Å². The molecule has 4 rings (SSSR count). The highest BCUT2D eigenvalue weighted by molar-refractivity contribution is 9.10. The summed E-state index contributed by atoms with van der Waals surface area (Å²) in [7, 11) is 0. The summed E-state index contributed by atoms with van der Waals surface area (Å²) in [5.41, 5.74) is 1.11. The summed E-state index contributed by atoms with van der Waals surface area (Å²) in [6.07, 6.45) is 1.56. The third-order valence-electron chi connectivity index (χ3n) is 4.37. The van der Waals surface area contributed by atoms with Gasteiger partial charge in [-0.05, 0) is 29.8 Å². The van der Waals surface area contributed by atoms with Crippen molar-refractivity contribution in [1.29, 1.82) is 0 Å². The molecule has 1 aliphatic rings. The van der Waals surface area contributed by atoms with Crippen LogP contribution in [0.1, 0.15) is 17.2 Å². The second-order valence-electron chi connectivity index (χ2n) is 6.04. The molecule has 1 amide bonds. The number of benzene rings is 2. The van der Waals surface area contributed by atoms with E-state index < -0.39 is 17.7 Å². The first-order valence-electron chi connectivity index (χ1n) is 8.19. The van der Waals surface area contributed by atoms with Gasteiger partial charge >= 0.3 is 5.91 Å². The molecule has 0 bridgehead atoms. The van der Waals surface area contributed by atoms with Crippen LogP contribution in [0.4, 0.5) is 5.13 Å². The zero-order valence-electron chi connectivity index (χ0n) is 14.2. The van der Waals surface area contributed by atoms with Gasteiger partial charge in [-0.15, -0.1) is 11.3 Å². The topological polar surface area (TPSA) is 70.5 Å². The average molecular weight is 476 g/mol. The number of anilines is 1. The molecule has 2 heterocycles. The van der Waals surface area contributed by atoms with Crippen LogP contribution in [0.5, 0.6) is 0 Å². The summed E-state index contributed by atoms with van der Waals surface area (Å²) >= 11 is 10.6. The molecular formula is C20H12BrClN2O3S. The molecule has 1 saturated heterocycles. The van der Waals surface area contributed by atoms with Crippen LogP contribution < -0.4 is 4.90 Å². The molecule has 1 fully saturated rings. The molecule has 1 atom stereocenters. The van der Waals surface area contributed by atoms with E-state index in [0.717, 1.165) is 4.47 Å². The van der Waals surface area contributed by atoms with Crippen molar-refractivity contribution in [3.8, 4) is 0 Å². The number of rotatable bonds is 3. The number of carbonyl (C=O) groups is 2. The molecule has 0 spiro atoms. The summed E-state index contributed by atoms with van der Waals surface area (Å²) in [5, 5.41) is 13.6. The SMILES string of the molecule is O=C1C(=O)N(c2nccs2)C(c2ccc(Cl)cc2)/C1=C(/O)c1ccc(Br)cc1. The van der Waals surface area contributed by atoms with Gasteiger partial charge in [-0.1, -0.05) is 51.8 Å². The van der Waals surface area contributed by atoms with Crippen LogP contribution in [0, 0.1) is 0 Å². The lowest BCUT2D eigenvalue weighted by atomic mass is 9.95. The van der Waals surface area contributed by atoms with E-state index in [0.29, 0.717) is 21.3 Å². The second kappa shape index (κ2) is 7.50. The normalized spacial score (nSPS) is 18.6. The zero-order chi connectivity index (χ0) is 19.8. The van der Waals surface area contributed by atoms with E-state index in [1.165, 1.54) is 16.2 Å². The summed E-state index contributed by atoms with van der Waals surface area (Å²) < 4.78 is 0.835. The summed E-state index contributed by atoms with van der Waals surface area (Å²) in [6, 6.07) is 12.9. The number of halogens is 2. The van der Waals surface area contributed by atoms with Crippen molar-refractivity contribution in [2.75, 3.05) is 4.90 Å². The van der Waals surface area contributed by atoms with E-state index in [1.807, 2.05) is 0 Å². The molecule has 1 unspecified atom stereocenters. The number of carbonyl (C=O) groups excluding carboxylic acids is 2. The minimum absolute atomic E-state index is 0.0184. The Morgan fingerprint density at radius 2 is 1.79 bits per heavy atom. The van der Waals surface area contributed by atoms with Gasteiger partial charge < -0.3 is 5.11 Å². The predicted molar refractivity (Wildman–Crippen MR) is 112 cm³/mol. The number of ketones is 1. The van der Waals surface area contributed by atoms with Crippen LogP contribution >= 0.6 is 38.9 Å². The third-order valence-corrected chi connectivity index (χ3v) is 5.92. The molecule has 0 aliphatic carbocycles. The van der Waals surface area contributed by atoms with Crippen LogP contribution in [-0.4, -0.2) is 21.8 Å². The minimum Gasteiger partial charge on any atom is -0.507 e. The van der Waals surface area contributed by atoms with Gasteiger partial charge in [0.05, 0.1) is 11.6 Å². The fourth-order valence-corrected chi connectivity index (χ4v) is 4.15. The van der Waals surface area contributed by atoms with Crippen molar-refractivity contribution in [2.45, 2.75) is 6.04 Å². The second-order valence-corrected chi connectivity index (χ2v) is 8.27. The molecule has 2 aromatic carbocycles. The average Bonchev–Trinajstić information content (AvgIpc) is 3.30. The molecular weight excluding hydrogens is 464 g/mol. The van der Waals surface area contributed by atoms with Crippen molar-refractivity contribution in [2.24, 2.45) is 0 Å². The van der Waals surface area contributed by atoms with Crippen molar-refractivity contribution >= 4 is 61.4 Å². The van der Waals surface area contributed by atoms with Gasteiger partial charge in [-0.25, -0.2) is 4.98 Å². The van der Waals surface area contributed by atoms with Crippen molar-refractivity contribution in [3.05, 3.63) is 86.3 Å². The number of nitrogens with zero attached hydrogens (tertiary/aromatic N) is 2. The van der Waals surface area contributed by atoms with E-state index in [1.54, 1.807) is 60.1 Å². The standard InChI is InChI=1S/C20H12BrClN2O3S/c21-13-5-1-12(2-6-13)17(25)15-16(11-3-7-14(22)8-4-11)24(19(27)18(15)26)20-23-9-10-28-20/h1-10,16,25H/b17-15-. The quantitative estimate of drug-likeness (QED) is 0.322. The highest BCUT2D eigenvalue weighted by Crippen LogP contribution is 2.42. The molecule has 1 aromatic heterocycles. The van der Waals surface area contributed by atoms with Gasteiger partial charge in [-0.3, -0.25) is 14.5 Å². The van der Waals surface area contributed by atoms with Crippen molar-refractivity contribution < 1.29 is 14.7 Å². The number of thiazole rings is 1. The largest absolute Gasteiger partial charge is 0.507 e. The Morgan fingerprint density at radius 1 is 1.11 bits per heavy atom. The Hall–Kier alpha value is -2.48. The van der Waals surface area contributed by atoms with Gasteiger partial charge in [0.15, 0.2) is 5.13 Å². The molecule has 1 aliphatic heterocycles. The molecule has 8 heteroatoms. The number of aliphatic hydroxyl groups excluding tert-OH is 1. The number of Topliss-reactive ketones (excluding diaryl/α,β-unsaturated/α-hetero) is 1. The van der Waals surface area contributed by atoms with Crippen LogP contribution in [0.25, 0.3) is 5.76 Å². The summed E-state index contributed by atoms with van der Waals surface area (Å²) in [6.45, 7) is 0. The Labute approximate surface area is 178 Å². The van der Waals surface area contributed by atoms with Crippen molar-refractivity contribution in [3.63, 3.8) is 0 Å². The number of aromatic nitrogens is 1. The predicted octanol–water partition coefficient (Wildman–Crippen LogP) is 5.19. The lowest BCUT2D eigenvalue weighted by molar-refractivity contribution is -0.132. The Balaban J connectivity index is 1.93. The molecule has 140 valence electrons. The molecule has 5 nitrogen and oxygen atoms in total. The van der Waals surface area contributed by atoms with E-state index in [4.69, 9.17) is 11.6 Å². The van der Waals surface area contributed by atoms with Gasteiger partial charge in [-0.2, -0.15) is 0 Å². The fourth-order valence-electron chi connectivity index (χ4n) is 3.09. The smallest absolute Gasteiger partial charge is 0.301 e. The summed E-state index contributed by atoms with van der Waals surface area (Å²) in [4.78, 5) is 31.2. The number of hydrogen-bond acceptors (Lipinski definition) is 5. The fraction of sp³-hybridized carbons (Fsp3) is 0.0500. The van der Waals surface area contributed by atoms with Crippen LogP contribution in [-0.2, 0) is 9.59 Å².